The molecule has 5 nitrogen and oxygen atoms in total. The van der Waals surface area contributed by atoms with E-state index in [0.717, 1.165) is 71.7 Å². The van der Waals surface area contributed by atoms with Gasteiger partial charge in [-0.3, -0.25) is 4.98 Å². The molecule has 0 radical (unpaired) electrons. The van der Waals surface area contributed by atoms with Gasteiger partial charge in [0, 0.05) is 39.3 Å². The second-order valence-corrected chi connectivity index (χ2v) is 17.3. The summed E-state index contributed by atoms with van der Waals surface area (Å²) in [7, 11) is 0. The molecule has 0 bridgehead atoms. The van der Waals surface area contributed by atoms with Crippen LogP contribution in [0.5, 0.6) is 0 Å². The number of aromatic nitrogens is 4. The molecule has 1 aliphatic rings. The Labute approximate surface area is 377 Å². The maximum absolute atomic E-state index is 7.33. The number of hydrogen-bond donors (Lipinski definition) is 0. The van der Waals surface area contributed by atoms with E-state index in [-0.39, 0.29) is 5.41 Å². The number of nitrogens with zero attached hydrogens (tertiary/aromatic N) is 5. The van der Waals surface area contributed by atoms with Crippen molar-refractivity contribution in [1.29, 1.82) is 0 Å². The Morgan fingerprint density at radius 1 is 0.369 bits per heavy atom. The Morgan fingerprint density at radius 2 is 0.923 bits per heavy atom. The van der Waals surface area contributed by atoms with Crippen molar-refractivity contribution in [3.8, 4) is 78.7 Å². The van der Waals surface area contributed by atoms with Crippen LogP contribution in [0.25, 0.3) is 116 Å². The van der Waals surface area contributed by atoms with E-state index in [2.05, 4.69) is 164 Å². The fraction of sp³-hybridized carbons (Fsp3) is 0.0500. The summed E-state index contributed by atoms with van der Waals surface area (Å²) in [6.45, 7) is 11.9. The summed E-state index contributed by atoms with van der Waals surface area (Å²) in [5, 5.41) is 5.74. The molecule has 304 valence electrons. The first-order valence-electron chi connectivity index (χ1n) is 21.9. The minimum Gasteiger partial charge on any atom is -0.256 e. The average molecular weight is 830 g/mol. The third-order valence-electron chi connectivity index (χ3n) is 13.2. The highest BCUT2D eigenvalue weighted by atomic mass is 15.0. The largest absolute Gasteiger partial charge is 0.256 e. The molecule has 0 unspecified atom stereocenters. The second kappa shape index (κ2) is 15.0. The van der Waals surface area contributed by atoms with Crippen molar-refractivity contribution in [2.45, 2.75) is 19.3 Å². The summed E-state index contributed by atoms with van der Waals surface area (Å²) in [5.41, 5.74) is 16.0. The van der Waals surface area contributed by atoms with Gasteiger partial charge in [0.25, 0.3) is 0 Å². The SMILES string of the molecule is [C-]#[N+]c1ccc(-c2ccc(-c3cc4c5ccccc5c(-c5cccc(-c6nc(-c7ccccc7)nc(-c7ccc8c(c7)C(C)(C)c7ccccc7-8)n6)c5)cc4c4cccnc34)cc2)cc1. The van der Waals surface area contributed by atoms with Crippen LogP contribution in [0.3, 0.4) is 0 Å². The molecular formula is C60H39N5. The highest BCUT2D eigenvalue weighted by molar-refractivity contribution is 6.23. The van der Waals surface area contributed by atoms with Crippen molar-refractivity contribution in [1.82, 2.24) is 19.9 Å². The van der Waals surface area contributed by atoms with Crippen LogP contribution < -0.4 is 0 Å². The van der Waals surface area contributed by atoms with Gasteiger partial charge in [-0.25, -0.2) is 19.8 Å². The van der Waals surface area contributed by atoms with Crippen LogP contribution in [-0.4, -0.2) is 19.9 Å². The standard InChI is InChI=1S/C60H39N5/c1-60(2)54-21-10-9-19-47(54)48-31-28-43(34-55(48)60)59-64-57(40-13-5-4-6-14-40)63-58(65-59)42-16-11-15-41(33-42)50-35-53-49-20-12-32-62-56(49)51(36-52(53)46-18-8-7-17-45(46)50)39-24-22-37(23-25-39)38-26-29-44(61-3)30-27-38/h4-36H,1-2H3. The summed E-state index contributed by atoms with van der Waals surface area (Å²) >= 11 is 0. The molecule has 0 spiro atoms. The van der Waals surface area contributed by atoms with E-state index in [1.165, 1.54) is 33.0 Å². The van der Waals surface area contributed by atoms with E-state index in [0.29, 0.717) is 23.2 Å². The molecule has 9 aromatic carbocycles. The van der Waals surface area contributed by atoms with Gasteiger partial charge >= 0.3 is 0 Å². The first-order valence-corrected chi connectivity index (χ1v) is 21.9. The smallest absolute Gasteiger partial charge is 0.187 e. The van der Waals surface area contributed by atoms with Crippen molar-refractivity contribution in [2.24, 2.45) is 0 Å². The summed E-state index contributed by atoms with van der Waals surface area (Å²) in [5.74, 6) is 1.90. The van der Waals surface area contributed by atoms with E-state index in [1.807, 2.05) is 54.7 Å². The fourth-order valence-corrected chi connectivity index (χ4v) is 9.88. The molecule has 0 saturated heterocycles. The molecule has 0 saturated carbocycles. The van der Waals surface area contributed by atoms with Gasteiger partial charge in [-0.2, -0.15) is 0 Å². The minimum absolute atomic E-state index is 0.152. The molecule has 0 amide bonds. The zero-order valence-electron chi connectivity index (χ0n) is 35.8. The highest BCUT2D eigenvalue weighted by Gasteiger charge is 2.35. The first kappa shape index (κ1) is 38.1. The lowest BCUT2D eigenvalue weighted by Gasteiger charge is -2.21. The first-order chi connectivity index (χ1) is 31.9. The molecule has 0 atom stereocenters. The third kappa shape index (κ3) is 6.38. The lowest BCUT2D eigenvalue weighted by molar-refractivity contribution is 0.660. The summed E-state index contributed by atoms with van der Waals surface area (Å²) in [6.07, 6.45) is 1.88. The Balaban J connectivity index is 0.987. The molecule has 1 aliphatic carbocycles. The van der Waals surface area contributed by atoms with Gasteiger partial charge in [0.2, 0.25) is 0 Å². The number of benzene rings is 9. The highest BCUT2D eigenvalue weighted by Crippen LogP contribution is 2.49. The maximum Gasteiger partial charge on any atom is 0.187 e. The normalized spacial score (nSPS) is 12.6. The van der Waals surface area contributed by atoms with Crippen molar-refractivity contribution in [2.75, 3.05) is 0 Å². The predicted octanol–water partition coefficient (Wildman–Crippen LogP) is 15.6. The third-order valence-corrected chi connectivity index (χ3v) is 13.2. The van der Waals surface area contributed by atoms with Crippen molar-refractivity contribution in [3.63, 3.8) is 0 Å². The number of rotatable bonds is 6. The van der Waals surface area contributed by atoms with Gasteiger partial charge in [-0.1, -0.05) is 178 Å². The molecule has 0 aliphatic heterocycles. The van der Waals surface area contributed by atoms with Crippen LogP contribution >= 0.6 is 0 Å². The van der Waals surface area contributed by atoms with E-state index in [4.69, 9.17) is 26.5 Å². The Hall–Kier alpha value is -8.59. The summed E-state index contributed by atoms with van der Waals surface area (Å²) < 4.78 is 0. The van der Waals surface area contributed by atoms with Gasteiger partial charge in [0.05, 0.1) is 12.1 Å². The summed E-state index contributed by atoms with van der Waals surface area (Å²) in [6, 6.07) is 68.1. The van der Waals surface area contributed by atoms with Crippen LogP contribution in [0.15, 0.2) is 200 Å². The summed E-state index contributed by atoms with van der Waals surface area (Å²) in [4.78, 5) is 24.1. The molecule has 65 heavy (non-hydrogen) atoms. The predicted molar refractivity (Wildman–Crippen MR) is 267 cm³/mol. The lowest BCUT2D eigenvalue weighted by atomic mass is 9.82. The van der Waals surface area contributed by atoms with Gasteiger partial charge in [0.15, 0.2) is 23.2 Å². The Kier molecular flexibility index (Phi) is 8.82. The molecule has 0 fully saturated rings. The fourth-order valence-electron chi connectivity index (χ4n) is 9.88. The van der Waals surface area contributed by atoms with E-state index >= 15 is 0 Å². The van der Waals surface area contributed by atoms with Crippen LogP contribution in [0.1, 0.15) is 25.0 Å². The molecule has 5 heteroatoms. The van der Waals surface area contributed by atoms with E-state index in [9.17, 15) is 0 Å². The quantitative estimate of drug-likeness (QED) is 0.124. The average Bonchev–Trinajstić information content (AvgIpc) is 3.61. The van der Waals surface area contributed by atoms with E-state index < -0.39 is 0 Å². The molecule has 11 aromatic rings. The minimum atomic E-state index is -0.152. The zero-order valence-corrected chi connectivity index (χ0v) is 35.8. The van der Waals surface area contributed by atoms with Gasteiger partial charge in [0.1, 0.15) is 0 Å². The molecule has 12 rings (SSSR count). The van der Waals surface area contributed by atoms with Crippen LogP contribution in [0.2, 0.25) is 0 Å². The van der Waals surface area contributed by atoms with Crippen molar-refractivity contribution in [3.05, 3.63) is 223 Å². The van der Waals surface area contributed by atoms with Gasteiger partial charge in [-0.15, -0.1) is 0 Å². The Bertz CT molecular complexity index is 3730. The second-order valence-electron chi connectivity index (χ2n) is 17.3. The number of fused-ring (bicyclic) bond motifs is 8. The number of pyridine rings is 1. The van der Waals surface area contributed by atoms with Gasteiger partial charge in [-0.05, 0) is 102 Å². The number of hydrogen-bond acceptors (Lipinski definition) is 4. The van der Waals surface area contributed by atoms with Gasteiger partial charge < -0.3 is 0 Å². The Morgan fingerprint density at radius 3 is 1.69 bits per heavy atom. The molecule has 0 N–H and O–H groups in total. The molecule has 2 heterocycles. The lowest BCUT2D eigenvalue weighted by Crippen LogP contribution is -2.15. The van der Waals surface area contributed by atoms with Crippen molar-refractivity contribution >= 4 is 38.1 Å². The van der Waals surface area contributed by atoms with Crippen LogP contribution in [0.4, 0.5) is 5.69 Å². The monoisotopic (exact) mass is 829 g/mol. The topological polar surface area (TPSA) is 55.9 Å². The molecule has 2 aromatic heterocycles. The van der Waals surface area contributed by atoms with E-state index in [1.54, 1.807) is 0 Å². The maximum atomic E-state index is 7.33. The van der Waals surface area contributed by atoms with Crippen LogP contribution in [-0.2, 0) is 5.41 Å². The van der Waals surface area contributed by atoms with Crippen molar-refractivity contribution < 1.29 is 0 Å². The molecular weight excluding hydrogens is 791 g/mol. The zero-order chi connectivity index (χ0) is 43.6. The van der Waals surface area contributed by atoms with Crippen LogP contribution in [0, 0.1) is 6.57 Å².